The minimum atomic E-state index is -0.398. The summed E-state index contributed by atoms with van der Waals surface area (Å²) in [6.07, 6.45) is 0. The van der Waals surface area contributed by atoms with E-state index in [1.54, 1.807) is 18.2 Å². The van der Waals surface area contributed by atoms with E-state index in [1.807, 2.05) is 58.0 Å². The van der Waals surface area contributed by atoms with Gasteiger partial charge >= 0.3 is 0 Å². The Hall–Kier alpha value is -2.36. The number of nitro benzene ring substituents is 1. The zero-order chi connectivity index (χ0) is 15.4. The molecule has 0 heterocycles. The molecule has 4 heteroatoms. The van der Waals surface area contributed by atoms with E-state index < -0.39 is 4.92 Å². The third-order valence-corrected chi connectivity index (χ3v) is 2.15. The molecule has 0 aliphatic carbocycles. The van der Waals surface area contributed by atoms with Gasteiger partial charge in [0, 0.05) is 11.8 Å². The Labute approximate surface area is 120 Å². The molecule has 0 amide bonds. The van der Waals surface area contributed by atoms with E-state index in [-0.39, 0.29) is 5.69 Å². The summed E-state index contributed by atoms with van der Waals surface area (Å²) < 4.78 is 0. The first-order chi connectivity index (χ1) is 9.77. The van der Waals surface area contributed by atoms with Crippen LogP contribution in [0.15, 0.2) is 54.6 Å². The van der Waals surface area contributed by atoms with Gasteiger partial charge in [0.15, 0.2) is 0 Å². The average molecular weight is 274 g/mol. The van der Waals surface area contributed by atoms with Crippen molar-refractivity contribution in [2.24, 2.45) is 0 Å². The molecule has 0 radical (unpaired) electrons. The van der Waals surface area contributed by atoms with Gasteiger partial charge in [0.2, 0.25) is 0 Å². The standard InChI is InChI=1S/C12H10N2O2.2C2H6/c15-14(16)12-9-5-4-8-11(12)13-10-6-2-1-3-7-10;2*1-2/h1-9,13H;2*1-2H3. The highest BCUT2D eigenvalue weighted by Crippen LogP contribution is 2.26. The van der Waals surface area contributed by atoms with Crippen molar-refractivity contribution in [2.75, 3.05) is 5.32 Å². The molecule has 0 spiro atoms. The predicted molar refractivity (Wildman–Crippen MR) is 85.5 cm³/mol. The lowest BCUT2D eigenvalue weighted by molar-refractivity contribution is -0.383. The number of hydrogen-bond acceptors (Lipinski definition) is 3. The number of anilines is 2. The van der Waals surface area contributed by atoms with Crippen molar-refractivity contribution in [1.29, 1.82) is 0 Å². The van der Waals surface area contributed by atoms with Crippen LogP contribution < -0.4 is 5.32 Å². The lowest BCUT2D eigenvalue weighted by atomic mass is 10.2. The Bertz CT molecular complexity index is 499. The Morgan fingerprint density at radius 1 is 0.850 bits per heavy atom. The molecule has 0 aromatic heterocycles. The van der Waals surface area contributed by atoms with Gasteiger partial charge in [-0.15, -0.1) is 0 Å². The molecule has 2 rings (SSSR count). The minimum absolute atomic E-state index is 0.0753. The van der Waals surface area contributed by atoms with Gasteiger partial charge in [-0.3, -0.25) is 10.1 Å². The maximum atomic E-state index is 10.8. The van der Waals surface area contributed by atoms with Crippen molar-refractivity contribution in [2.45, 2.75) is 27.7 Å². The molecular weight excluding hydrogens is 252 g/mol. The molecule has 0 saturated heterocycles. The second-order valence-corrected chi connectivity index (χ2v) is 3.27. The Balaban J connectivity index is 0.000000829. The summed E-state index contributed by atoms with van der Waals surface area (Å²) in [6, 6.07) is 15.9. The number of nitrogens with zero attached hydrogens (tertiary/aromatic N) is 1. The first kappa shape index (κ1) is 17.6. The van der Waals surface area contributed by atoms with Gasteiger partial charge in [0.1, 0.15) is 5.69 Å². The summed E-state index contributed by atoms with van der Waals surface area (Å²) in [4.78, 5) is 10.4. The molecule has 0 unspecified atom stereocenters. The topological polar surface area (TPSA) is 55.2 Å². The van der Waals surface area contributed by atoms with E-state index in [4.69, 9.17) is 0 Å². The van der Waals surface area contributed by atoms with Crippen molar-refractivity contribution < 1.29 is 4.92 Å². The largest absolute Gasteiger partial charge is 0.350 e. The number of rotatable bonds is 3. The Kier molecular flexibility index (Phi) is 9.31. The summed E-state index contributed by atoms with van der Waals surface area (Å²) in [7, 11) is 0. The summed E-state index contributed by atoms with van der Waals surface area (Å²) in [5.74, 6) is 0. The highest BCUT2D eigenvalue weighted by molar-refractivity contribution is 5.69. The number of hydrogen-bond donors (Lipinski definition) is 1. The maximum absolute atomic E-state index is 10.8. The van der Waals surface area contributed by atoms with Crippen LogP contribution in [0.5, 0.6) is 0 Å². The summed E-state index contributed by atoms with van der Waals surface area (Å²) in [5, 5.41) is 13.8. The molecule has 0 bridgehead atoms. The fraction of sp³-hybridized carbons (Fsp3) is 0.250. The lowest BCUT2D eigenvalue weighted by Crippen LogP contribution is -1.96. The molecule has 0 fully saturated rings. The van der Waals surface area contributed by atoms with Crippen LogP contribution in [0.1, 0.15) is 27.7 Å². The summed E-state index contributed by atoms with van der Waals surface area (Å²) in [6.45, 7) is 8.00. The monoisotopic (exact) mass is 274 g/mol. The van der Waals surface area contributed by atoms with E-state index in [2.05, 4.69) is 5.32 Å². The summed E-state index contributed by atoms with van der Waals surface area (Å²) in [5.41, 5.74) is 1.40. The van der Waals surface area contributed by atoms with Crippen LogP contribution in [0.3, 0.4) is 0 Å². The van der Waals surface area contributed by atoms with Gasteiger partial charge in [0.05, 0.1) is 4.92 Å². The predicted octanol–water partition coefficient (Wildman–Crippen LogP) is 5.39. The van der Waals surface area contributed by atoms with Gasteiger partial charge in [-0.1, -0.05) is 58.0 Å². The third kappa shape index (κ3) is 5.52. The fourth-order valence-electron chi connectivity index (χ4n) is 1.42. The van der Waals surface area contributed by atoms with Crippen LogP contribution in [0.2, 0.25) is 0 Å². The zero-order valence-electron chi connectivity index (χ0n) is 12.5. The average Bonchev–Trinajstić information content (AvgIpc) is 2.52. The van der Waals surface area contributed by atoms with E-state index >= 15 is 0 Å². The van der Waals surface area contributed by atoms with Gasteiger partial charge < -0.3 is 5.32 Å². The molecular formula is C16H22N2O2. The van der Waals surface area contributed by atoms with E-state index in [9.17, 15) is 10.1 Å². The maximum Gasteiger partial charge on any atom is 0.292 e. The smallest absolute Gasteiger partial charge is 0.292 e. The van der Waals surface area contributed by atoms with Crippen LogP contribution in [-0.4, -0.2) is 4.92 Å². The van der Waals surface area contributed by atoms with Crippen molar-refractivity contribution in [3.8, 4) is 0 Å². The van der Waals surface area contributed by atoms with E-state index in [0.717, 1.165) is 5.69 Å². The minimum Gasteiger partial charge on any atom is -0.350 e. The van der Waals surface area contributed by atoms with Gasteiger partial charge in [0.25, 0.3) is 5.69 Å². The number of nitrogens with one attached hydrogen (secondary N) is 1. The fourth-order valence-corrected chi connectivity index (χ4v) is 1.42. The zero-order valence-corrected chi connectivity index (χ0v) is 12.5. The van der Waals surface area contributed by atoms with Crippen molar-refractivity contribution >= 4 is 17.1 Å². The Morgan fingerprint density at radius 3 is 1.90 bits per heavy atom. The van der Waals surface area contributed by atoms with Gasteiger partial charge in [-0.25, -0.2) is 0 Å². The third-order valence-electron chi connectivity index (χ3n) is 2.15. The lowest BCUT2D eigenvalue weighted by Gasteiger charge is -2.06. The highest BCUT2D eigenvalue weighted by atomic mass is 16.6. The number of nitro groups is 1. The van der Waals surface area contributed by atoms with E-state index in [1.165, 1.54) is 6.07 Å². The first-order valence-corrected chi connectivity index (χ1v) is 6.83. The van der Waals surface area contributed by atoms with Crippen LogP contribution in [0.25, 0.3) is 0 Å². The molecule has 108 valence electrons. The highest BCUT2D eigenvalue weighted by Gasteiger charge is 2.11. The molecule has 1 N–H and O–H groups in total. The van der Waals surface area contributed by atoms with Crippen molar-refractivity contribution in [3.63, 3.8) is 0 Å². The molecule has 2 aromatic rings. The number of benzene rings is 2. The SMILES string of the molecule is CC.CC.O=[N+]([O-])c1ccccc1Nc1ccccc1. The molecule has 2 aromatic carbocycles. The van der Waals surface area contributed by atoms with Crippen molar-refractivity contribution in [3.05, 3.63) is 64.7 Å². The summed E-state index contributed by atoms with van der Waals surface area (Å²) >= 11 is 0. The molecule has 0 aliphatic rings. The second-order valence-electron chi connectivity index (χ2n) is 3.27. The number of para-hydroxylation sites is 3. The van der Waals surface area contributed by atoms with Crippen LogP contribution in [0.4, 0.5) is 17.1 Å². The Morgan fingerprint density at radius 2 is 1.35 bits per heavy atom. The molecule has 20 heavy (non-hydrogen) atoms. The van der Waals surface area contributed by atoms with Crippen LogP contribution in [-0.2, 0) is 0 Å². The molecule has 4 nitrogen and oxygen atoms in total. The van der Waals surface area contributed by atoms with Gasteiger partial charge in [-0.05, 0) is 18.2 Å². The first-order valence-electron chi connectivity index (χ1n) is 6.83. The van der Waals surface area contributed by atoms with E-state index in [0.29, 0.717) is 5.69 Å². The van der Waals surface area contributed by atoms with Crippen LogP contribution >= 0.6 is 0 Å². The molecule has 0 aliphatic heterocycles. The molecule has 0 saturated carbocycles. The second kappa shape index (κ2) is 10.6. The normalized spacial score (nSPS) is 8.40. The quantitative estimate of drug-likeness (QED) is 0.603. The van der Waals surface area contributed by atoms with Crippen molar-refractivity contribution in [1.82, 2.24) is 0 Å². The van der Waals surface area contributed by atoms with Crippen LogP contribution in [0, 0.1) is 10.1 Å². The molecule has 0 atom stereocenters. The van der Waals surface area contributed by atoms with Gasteiger partial charge in [-0.2, -0.15) is 0 Å².